The third-order valence-corrected chi connectivity index (χ3v) is 4.97. The van der Waals surface area contributed by atoms with E-state index in [0.717, 1.165) is 25.1 Å². The number of pyridine rings is 1. The maximum absolute atomic E-state index is 12.8. The SMILES string of the molecule is COc1ncccc1C(=O)N1CC[C@H]2C[C@H](c3ccncn3)O[C@@H]2C1. The highest BCUT2D eigenvalue weighted by molar-refractivity contribution is 5.96. The lowest BCUT2D eigenvalue weighted by atomic mass is 9.91. The van der Waals surface area contributed by atoms with E-state index in [0.29, 0.717) is 23.9 Å². The third kappa shape index (κ3) is 3.07. The molecule has 7 heteroatoms. The van der Waals surface area contributed by atoms with Crippen molar-refractivity contribution in [2.24, 2.45) is 5.92 Å². The molecule has 3 atom stereocenters. The van der Waals surface area contributed by atoms with Crippen molar-refractivity contribution < 1.29 is 14.3 Å². The number of likely N-dealkylation sites (tertiary alicyclic amines) is 1. The number of rotatable bonds is 3. The van der Waals surface area contributed by atoms with Crippen LogP contribution < -0.4 is 4.74 Å². The first kappa shape index (κ1) is 16.0. The van der Waals surface area contributed by atoms with Gasteiger partial charge in [-0.3, -0.25) is 4.79 Å². The molecule has 25 heavy (non-hydrogen) atoms. The second-order valence-corrected chi connectivity index (χ2v) is 6.39. The monoisotopic (exact) mass is 340 g/mol. The van der Waals surface area contributed by atoms with Crippen molar-refractivity contribution in [3.8, 4) is 5.88 Å². The summed E-state index contributed by atoms with van der Waals surface area (Å²) in [4.78, 5) is 27.1. The number of nitrogens with zero attached hydrogens (tertiary/aromatic N) is 4. The maximum Gasteiger partial charge on any atom is 0.259 e. The van der Waals surface area contributed by atoms with Gasteiger partial charge in [0.05, 0.1) is 18.9 Å². The van der Waals surface area contributed by atoms with Crippen molar-refractivity contribution >= 4 is 5.91 Å². The van der Waals surface area contributed by atoms with Gasteiger partial charge in [0.15, 0.2) is 0 Å². The molecule has 130 valence electrons. The maximum atomic E-state index is 12.8. The zero-order valence-electron chi connectivity index (χ0n) is 14.0. The smallest absolute Gasteiger partial charge is 0.259 e. The Labute approximate surface area is 146 Å². The summed E-state index contributed by atoms with van der Waals surface area (Å²) < 4.78 is 11.4. The van der Waals surface area contributed by atoms with Crippen LogP contribution in [-0.4, -0.2) is 52.1 Å². The zero-order chi connectivity index (χ0) is 17.2. The average molecular weight is 340 g/mol. The minimum atomic E-state index is -0.0579. The second kappa shape index (κ2) is 6.76. The average Bonchev–Trinajstić information content (AvgIpc) is 3.11. The minimum absolute atomic E-state index is 0.0130. The summed E-state index contributed by atoms with van der Waals surface area (Å²) in [6, 6.07) is 5.39. The summed E-state index contributed by atoms with van der Waals surface area (Å²) in [5.74, 6) is 0.762. The lowest BCUT2D eigenvalue weighted by molar-refractivity contribution is -0.00574. The fourth-order valence-electron chi connectivity index (χ4n) is 3.68. The summed E-state index contributed by atoms with van der Waals surface area (Å²) >= 11 is 0. The van der Waals surface area contributed by atoms with Gasteiger partial charge in [0.1, 0.15) is 18.0 Å². The van der Waals surface area contributed by atoms with E-state index in [9.17, 15) is 4.79 Å². The highest BCUT2D eigenvalue weighted by Gasteiger charge is 2.41. The number of piperidine rings is 1. The first-order valence-corrected chi connectivity index (χ1v) is 8.46. The number of ether oxygens (including phenoxy) is 2. The molecule has 0 spiro atoms. The van der Waals surface area contributed by atoms with Gasteiger partial charge in [0.2, 0.25) is 5.88 Å². The van der Waals surface area contributed by atoms with Crippen LogP contribution in [0.4, 0.5) is 0 Å². The third-order valence-electron chi connectivity index (χ3n) is 4.97. The number of hydrogen-bond acceptors (Lipinski definition) is 6. The normalized spacial score (nSPS) is 25.5. The first-order valence-electron chi connectivity index (χ1n) is 8.46. The van der Waals surface area contributed by atoms with Gasteiger partial charge in [-0.25, -0.2) is 15.0 Å². The molecule has 0 aliphatic carbocycles. The molecule has 2 aromatic rings. The van der Waals surface area contributed by atoms with Gasteiger partial charge in [-0.2, -0.15) is 0 Å². The van der Waals surface area contributed by atoms with E-state index in [1.165, 1.54) is 7.11 Å². The standard InChI is InChI=1S/C18H20N4O3/c1-24-17-13(3-2-6-20-17)18(23)22-8-5-12-9-15(25-16(12)10-22)14-4-7-19-11-21-14/h2-4,6-7,11-12,15-16H,5,8-10H2,1H3/t12-,15+,16+/m0/s1. The van der Waals surface area contributed by atoms with Crippen LogP contribution in [0.15, 0.2) is 36.9 Å². The molecule has 0 saturated carbocycles. The molecule has 2 aromatic heterocycles. The van der Waals surface area contributed by atoms with Crippen LogP contribution in [0.25, 0.3) is 0 Å². The molecule has 2 fully saturated rings. The van der Waals surface area contributed by atoms with Crippen LogP contribution in [0, 0.1) is 5.92 Å². The summed E-state index contributed by atoms with van der Waals surface area (Å²) in [5.41, 5.74) is 1.41. The largest absolute Gasteiger partial charge is 0.480 e. The second-order valence-electron chi connectivity index (χ2n) is 6.39. The lowest BCUT2D eigenvalue weighted by Gasteiger charge is -2.34. The predicted octanol–water partition coefficient (Wildman–Crippen LogP) is 1.87. The molecule has 2 saturated heterocycles. The van der Waals surface area contributed by atoms with Gasteiger partial charge in [-0.05, 0) is 37.0 Å². The van der Waals surface area contributed by atoms with Gasteiger partial charge < -0.3 is 14.4 Å². The van der Waals surface area contributed by atoms with Crippen LogP contribution in [0.5, 0.6) is 5.88 Å². The Bertz CT molecular complexity index is 755. The van der Waals surface area contributed by atoms with Gasteiger partial charge in [0, 0.05) is 25.5 Å². The first-order chi connectivity index (χ1) is 12.3. The highest BCUT2D eigenvalue weighted by Crippen LogP contribution is 2.40. The van der Waals surface area contributed by atoms with Crippen molar-refractivity contribution in [3.63, 3.8) is 0 Å². The minimum Gasteiger partial charge on any atom is -0.480 e. The number of amides is 1. The van der Waals surface area contributed by atoms with E-state index in [-0.39, 0.29) is 18.1 Å². The number of hydrogen-bond donors (Lipinski definition) is 0. The van der Waals surface area contributed by atoms with Gasteiger partial charge in [-0.15, -0.1) is 0 Å². The van der Waals surface area contributed by atoms with Gasteiger partial charge in [-0.1, -0.05) is 0 Å². The topological polar surface area (TPSA) is 77.4 Å². The molecular weight excluding hydrogens is 320 g/mol. The predicted molar refractivity (Wildman–Crippen MR) is 89.1 cm³/mol. The number of carbonyl (C=O) groups excluding carboxylic acids is 1. The molecule has 7 nitrogen and oxygen atoms in total. The molecule has 0 N–H and O–H groups in total. The van der Waals surface area contributed by atoms with Crippen LogP contribution in [0.2, 0.25) is 0 Å². The molecule has 0 radical (unpaired) electrons. The fourth-order valence-corrected chi connectivity index (χ4v) is 3.68. The Morgan fingerprint density at radius 1 is 1.32 bits per heavy atom. The van der Waals surface area contributed by atoms with Crippen molar-refractivity contribution in [2.45, 2.75) is 25.0 Å². The van der Waals surface area contributed by atoms with Crippen LogP contribution in [0.1, 0.15) is 35.0 Å². The van der Waals surface area contributed by atoms with Crippen molar-refractivity contribution in [1.82, 2.24) is 19.9 Å². The molecule has 1 amide bonds. The molecular formula is C18H20N4O3. The van der Waals surface area contributed by atoms with E-state index in [1.54, 1.807) is 30.9 Å². The van der Waals surface area contributed by atoms with E-state index < -0.39 is 0 Å². The Morgan fingerprint density at radius 3 is 3.04 bits per heavy atom. The van der Waals surface area contributed by atoms with E-state index in [4.69, 9.17) is 9.47 Å². The molecule has 4 rings (SSSR count). The molecule has 2 aliphatic heterocycles. The van der Waals surface area contributed by atoms with Gasteiger partial charge in [0.25, 0.3) is 5.91 Å². The van der Waals surface area contributed by atoms with Gasteiger partial charge >= 0.3 is 0 Å². The lowest BCUT2D eigenvalue weighted by Crippen LogP contribution is -2.45. The molecule has 0 unspecified atom stereocenters. The highest BCUT2D eigenvalue weighted by atomic mass is 16.5. The van der Waals surface area contributed by atoms with Crippen LogP contribution >= 0.6 is 0 Å². The summed E-state index contributed by atoms with van der Waals surface area (Å²) in [5, 5.41) is 0. The Morgan fingerprint density at radius 2 is 2.24 bits per heavy atom. The van der Waals surface area contributed by atoms with E-state index in [2.05, 4.69) is 15.0 Å². The van der Waals surface area contributed by atoms with Crippen molar-refractivity contribution in [2.75, 3.05) is 20.2 Å². The van der Waals surface area contributed by atoms with Crippen molar-refractivity contribution in [1.29, 1.82) is 0 Å². The number of aromatic nitrogens is 3. The number of fused-ring (bicyclic) bond motifs is 1. The Balaban J connectivity index is 1.47. The van der Waals surface area contributed by atoms with Crippen LogP contribution in [0.3, 0.4) is 0 Å². The summed E-state index contributed by atoms with van der Waals surface area (Å²) in [7, 11) is 1.53. The number of carbonyl (C=O) groups is 1. The van der Waals surface area contributed by atoms with Crippen molar-refractivity contribution in [3.05, 3.63) is 48.2 Å². The Hall–Kier alpha value is -2.54. The molecule has 0 bridgehead atoms. The Kier molecular flexibility index (Phi) is 4.31. The quantitative estimate of drug-likeness (QED) is 0.849. The number of methoxy groups -OCH3 is 1. The fraction of sp³-hybridized carbons (Fsp3) is 0.444. The molecule has 0 aromatic carbocycles. The van der Waals surface area contributed by atoms with Crippen LogP contribution in [-0.2, 0) is 4.74 Å². The molecule has 2 aliphatic rings. The molecule has 4 heterocycles. The summed E-state index contributed by atoms with van der Waals surface area (Å²) in [6.45, 7) is 1.31. The van der Waals surface area contributed by atoms with E-state index in [1.807, 2.05) is 11.0 Å². The zero-order valence-corrected chi connectivity index (χ0v) is 14.0. The summed E-state index contributed by atoms with van der Waals surface area (Å²) in [6.07, 6.45) is 6.80. The van der Waals surface area contributed by atoms with E-state index >= 15 is 0 Å².